The Bertz CT molecular complexity index is 664. The van der Waals surface area contributed by atoms with Gasteiger partial charge in [0.1, 0.15) is 11.6 Å². The number of carboxylic acids is 1. The van der Waals surface area contributed by atoms with E-state index in [2.05, 4.69) is 0 Å². The number of piperidine rings is 1. The molecule has 1 heterocycles. The maximum absolute atomic E-state index is 12.7. The van der Waals surface area contributed by atoms with Crippen molar-refractivity contribution in [2.75, 3.05) is 6.54 Å². The van der Waals surface area contributed by atoms with E-state index < -0.39 is 41.4 Å². The predicted octanol–water partition coefficient (Wildman–Crippen LogP) is 4.27. The first kappa shape index (κ1) is 20.1. The molecule has 0 spiro atoms. The number of carbonyl (C=O) groups is 2. The van der Waals surface area contributed by atoms with Gasteiger partial charge < -0.3 is 9.84 Å². The molecule has 8 heteroatoms. The highest BCUT2D eigenvalue weighted by atomic mass is 19.4. The maximum atomic E-state index is 12.7. The molecule has 2 atom stereocenters. The summed E-state index contributed by atoms with van der Waals surface area (Å²) >= 11 is 0. The summed E-state index contributed by atoms with van der Waals surface area (Å²) in [5, 5.41) is 9.64. The van der Waals surface area contributed by atoms with E-state index in [4.69, 9.17) is 4.74 Å². The number of benzene rings is 1. The summed E-state index contributed by atoms with van der Waals surface area (Å²) in [5.41, 5.74) is -1.12. The molecule has 1 N–H and O–H groups in total. The molecule has 1 aromatic rings. The summed E-state index contributed by atoms with van der Waals surface area (Å²) in [5.74, 6) is -1.81. The van der Waals surface area contributed by atoms with E-state index in [9.17, 15) is 27.9 Å². The fraction of sp³-hybridized carbons (Fsp3) is 0.556. The first-order valence-electron chi connectivity index (χ1n) is 8.30. The predicted molar refractivity (Wildman–Crippen MR) is 87.8 cm³/mol. The number of likely N-dealkylation sites (tertiary alicyclic amines) is 1. The van der Waals surface area contributed by atoms with Crippen molar-refractivity contribution >= 4 is 12.1 Å². The molecule has 0 aromatic heterocycles. The normalized spacial score (nSPS) is 21.4. The summed E-state index contributed by atoms with van der Waals surface area (Å²) in [4.78, 5) is 25.4. The van der Waals surface area contributed by atoms with Gasteiger partial charge in [-0.15, -0.1) is 0 Å². The average molecular weight is 373 g/mol. The molecular weight excluding hydrogens is 351 g/mol. The largest absolute Gasteiger partial charge is 0.480 e. The van der Waals surface area contributed by atoms with E-state index in [1.165, 1.54) is 12.1 Å². The fourth-order valence-electron chi connectivity index (χ4n) is 3.09. The van der Waals surface area contributed by atoms with Crippen LogP contribution in [0.3, 0.4) is 0 Å². The third kappa shape index (κ3) is 4.68. The quantitative estimate of drug-likeness (QED) is 0.841. The molecule has 2 unspecified atom stereocenters. The Kier molecular flexibility index (Phi) is 5.53. The van der Waals surface area contributed by atoms with Crippen molar-refractivity contribution in [1.82, 2.24) is 4.90 Å². The lowest BCUT2D eigenvalue weighted by Gasteiger charge is -2.39. The second kappa shape index (κ2) is 7.17. The molecule has 1 aliphatic rings. The van der Waals surface area contributed by atoms with Crippen molar-refractivity contribution in [3.63, 3.8) is 0 Å². The molecule has 0 aliphatic carbocycles. The van der Waals surface area contributed by atoms with E-state index in [1.54, 1.807) is 20.8 Å². The summed E-state index contributed by atoms with van der Waals surface area (Å²) in [6.07, 6.45) is -4.20. The first-order valence-corrected chi connectivity index (χ1v) is 8.30. The third-order valence-corrected chi connectivity index (χ3v) is 4.18. The minimum absolute atomic E-state index is 0.225. The molecule has 1 aromatic carbocycles. The maximum Gasteiger partial charge on any atom is 0.416 e. The van der Waals surface area contributed by atoms with Crippen molar-refractivity contribution in [2.24, 2.45) is 0 Å². The number of halogens is 3. The van der Waals surface area contributed by atoms with Gasteiger partial charge in [0.05, 0.1) is 5.56 Å². The van der Waals surface area contributed by atoms with Gasteiger partial charge >= 0.3 is 18.2 Å². The van der Waals surface area contributed by atoms with Gasteiger partial charge in [0.25, 0.3) is 0 Å². The summed E-state index contributed by atoms with van der Waals surface area (Å²) in [7, 11) is 0. The van der Waals surface area contributed by atoms with Crippen LogP contribution in [0, 0.1) is 0 Å². The summed E-state index contributed by atoms with van der Waals surface area (Å²) in [6.45, 7) is 5.26. The number of carbonyl (C=O) groups excluding carboxylic acids is 1. The molecule has 0 saturated carbocycles. The van der Waals surface area contributed by atoms with Gasteiger partial charge in [-0.3, -0.25) is 4.90 Å². The third-order valence-electron chi connectivity index (χ3n) is 4.18. The fourth-order valence-corrected chi connectivity index (χ4v) is 3.09. The van der Waals surface area contributed by atoms with Gasteiger partial charge in [0, 0.05) is 12.5 Å². The molecule has 0 radical (unpaired) electrons. The average Bonchev–Trinajstić information content (AvgIpc) is 2.51. The van der Waals surface area contributed by atoms with Crippen LogP contribution in [0.25, 0.3) is 0 Å². The van der Waals surface area contributed by atoms with Crippen LogP contribution in [-0.4, -0.2) is 40.3 Å². The van der Waals surface area contributed by atoms with Crippen LogP contribution in [-0.2, 0) is 15.7 Å². The number of rotatable bonds is 2. The monoisotopic (exact) mass is 373 g/mol. The lowest BCUT2D eigenvalue weighted by molar-refractivity contribution is -0.145. The Balaban J connectivity index is 2.30. The number of ether oxygens (including phenoxy) is 1. The molecule has 5 nitrogen and oxygen atoms in total. The van der Waals surface area contributed by atoms with Gasteiger partial charge in [-0.25, -0.2) is 9.59 Å². The van der Waals surface area contributed by atoms with E-state index in [-0.39, 0.29) is 6.54 Å². The van der Waals surface area contributed by atoms with E-state index >= 15 is 0 Å². The molecule has 1 saturated heterocycles. The molecule has 144 valence electrons. The Hall–Kier alpha value is -2.25. The minimum Gasteiger partial charge on any atom is -0.480 e. The number of hydrogen-bond donors (Lipinski definition) is 1. The smallest absolute Gasteiger partial charge is 0.416 e. The Morgan fingerprint density at radius 2 is 1.73 bits per heavy atom. The second-order valence-electron chi connectivity index (χ2n) is 7.33. The topological polar surface area (TPSA) is 66.8 Å². The Morgan fingerprint density at radius 1 is 1.15 bits per heavy atom. The zero-order valence-electron chi connectivity index (χ0n) is 14.8. The van der Waals surface area contributed by atoms with Crippen LogP contribution < -0.4 is 0 Å². The number of alkyl halides is 3. The van der Waals surface area contributed by atoms with Crippen molar-refractivity contribution in [2.45, 2.75) is 57.3 Å². The number of hydrogen-bond acceptors (Lipinski definition) is 3. The van der Waals surface area contributed by atoms with Crippen LogP contribution in [0.15, 0.2) is 24.3 Å². The zero-order valence-corrected chi connectivity index (χ0v) is 14.8. The van der Waals surface area contributed by atoms with E-state index in [0.717, 1.165) is 17.0 Å². The zero-order chi connectivity index (χ0) is 19.7. The first-order chi connectivity index (χ1) is 11.9. The van der Waals surface area contributed by atoms with Crippen molar-refractivity contribution < 1.29 is 32.6 Å². The Morgan fingerprint density at radius 3 is 2.19 bits per heavy atom. The van der Waals surface area contributed by atoms with Crippen molar-refractivity contribution in [1.29, 1.82) is 0 Å². The van der Waals surface area contributed by atoms with Crippen LogP contribution in [0.4, 0.5) is 18.0 Å². The molecule has 2 rings (SSSR count). The van der Waals surface area contributed by atoms with Gasteiger partial charge in [-0.1, -0.05) is 12.1 Å². The molecular formula is C18H22F3NO4. The highest BCUT2D eigenvalue weighted by Crippen LogP contribution is 2.36. The molecule has 26 heavy (non-hydrogen) atoms. The SMILES string of the molecule is CC(C)(C)OC(=O)N1CCCC(c2ccc(C(F)(F)F)cc2)C1C(=O)O. The van der Waals surface area contributed by atoms with Crippen LogP contribution in [0.1, 0.15) is 50.7 Å². The van der Waals surface area contributed by atoms with Crippen LogP contribution >= 0.6 is 0 Å². The summed E-state index contributed by atoms with van der Waals surface area (Å²) in [6, 6.07) is 3.24. The van der Waals surface area contributed by atoms with E-state index in [1.807, 2.05) is 0 Å². The highest BCUT2D eigenvalue weighted by Gasteiger charge is 2.42. The second-order valence-corrected chi connectivity index (χ2v) is 7.33. The molecule has 1 fully saturated rings. The Labute approximate surface area is 149 Å². The molecule has 0 bridgehead atoms. The summed E-state index contributed by atoms with van der Waals surface area (Å²) < 4.78 is 43.5. The highest BCUT2D eigenvalue weighted by molar-refractivity contribution is 5.81. The molecule has 1 amide bonds. The van der Waals surface area contributed by atoms with Crippen molar-refractivity contribution in [3.8, 4) is 0 Å². The number of nitrogens with zero attached hydrogens (tertiary/aromatic N) is 1. The van der Waals surface area contributed by atoms with Gasteiger partial charge in [-0.2, -0.15) is 13.2 Å². The van der Waals surface area contributed by atoms with E-state index in [0.29, 0.717) is 18.4 Å². The van der Waals surface area contributed by atoms with Crippen LogP contribution in [0.2, 0.25) is 0 Å². The van der Waals surface area contributed by atoms with Crippen LogP contribution in [0.5, 0.6) is 0 Å². The van der Waals surface area contributed by atoms with Gasteiger partial charge in [0.2, 0.25) is 0 Å². The van der Waals surface area contributed by atoms with Gasteiger partial charge in [-0.05, 0) is 51.3 Å². The molecule has 1 aliphatic heterocycles. The standard InChI is InChI=1S/C18H22F3NO4/c1-17(2,3)26-16(25)22-10-4-5-13(14(22)15(23)24)11-6-8-12(9-7-11)18(19,20)21/h6-9,13-14H,4-5,10H2,1-3H3,(H,23,24). The van der Waals surface area contributed by atoms with Gasteiger partial charge in [0.15, 0.2) is 0 Å². The number of amides is 1. The number of carboxylic acid groups (broad SMARTS) is 1. The minimum atomic E-state index is -4.46. The lowest BCUT2D eigenvalue weighted by Crippen LogP contribution is -2.53. The number of aliphatic carboxylic acids is 1. The lowest BCUT2D eigenvalue weighted by atomic mass is 9.83. The van der Waals surface area contributed by atoms with Crippen molar-refractivity contribution in [3.05, 3.63) is 35.4 Å².